The van der Waals surface area contributed by atoms with Gasteiger partial charge in [-0.1, -0.05) is 283 Å². The molecule has 606 valence electrons. The van der Waals surface area contributed by atoms with Gasteiger partial charge in [-0.2, -0.15) is 0 Å². The zero-order valence-corrected chi connectivity index (χ0v) is 68.1. The largest absolute Gasteiger partial charge is 0.472 e. The molecule has 0 aliphatic carbocycles. The topological polar surface area (TPSA) is 237 Å². The van der Waals surface area contributed by atoms with Crippen LogP contribution in [-0.2, 0) is 65.4 Å². The number of unbranched alkanes of at least 4 members (excludes halogenated alkanes) is 26. The second-order valence-electron chi connectivity index (χ2n) is 27.0. The summed E-state index contributed by atoms with van der Waals surface area (Å²) in [4.78, 5) is 73.1. The third-order valence-corrected chi connectivity index (χ3v) is 18.7. The summed E-state index contributed by atoms with van der Waals surface area (Å²) in [6, 6.07) is 0. The number of rotatable bonds is 76. The van der Waals surface area contributed by atoms with Gasteiger partial charge >= 0.3 is 39.5 Å². The molecule has 17 nitrogen and oxygen atoms in total. The van der Waals surface area contributed by atoms with Gasteiger partial charge in [0.2, 0.25) is 0 Å². The quantitative estimate of drug-likeness (QED) is 0.0169. The summed E-state index contributed by atoms with van der Waals surface area (Å²) in [6.45, 7) is 4.58. The molecule has 0 radical (unpaired) electrons. The highest BCUT2D eigenvalue weighted by molar-refractivity contribution is 7.47. The van der Waals surface area contributed by atoms with E-state index >= 15 is 0 Å². The van der Waals surface area contributed by atoms with E-state index in [1.54, 1.807) is 0 Å². The molecule has 0 aliphatic rings. The Kier molecular flexibility index (Phi) is 74.3. The highest BCUT2D eigenvalue weighted by Crippen LogP contribution is 2.45. The molecule has 0 aliphatic heterocycles. The Morgan fingerprint density at radius 3 is 0.840 bits per heavy atom. The van der Waals surface area contributed by atoms with Crippen molar-refractivity contribution in [1.29, 1.82) is 0 Å². The molecule has 0 spiro atoms. The maximum atomic E-state index is 13.1. The SMILES string of the molecule is CCC=CCC=CCC=CCC=CCC=CCC=CCCC(=O)OCC(COP(=O)(O)OCC(O)COP(=O)(O)OCC(COC(=O)CCCCCCCC=CCC=CCCCCC)OC(=O)CCCCCCCC=CCCCCCCCC)OC(=O)CCCCCCC=CCC=CCC=CCCCCC. The highest BCUT2D eigenvalue weighted by Gasteiger charge is 2.30. The fourth-order valence-corrected chi connectivity index (χ4v) is 12.1. The van der Waals surface area contributed by atoms with Crippen molar-refractivity contribution in [3.8, 4) is 0 Å². The number of esters is 4. The molecule has 106 heavy (non-hydrogen) atoms. The van der Waals surface area contributed by atoms with E-state index < -0.39 is 97.5 Å². The van der Waals surface area contributed by atoms with Crippen LogP contribution in [0.1, 0.15) is 323 Å². The van der Waals surface area contributed by atoms with Crippen molar-refractivity contribution in [2.45, 2.75) is 341 Å². The van der Waals surface area contributed by atoms with Crippen molar-refractivity contribution in [3.05, 3.63) is 146 Å². The molecular formula is C87H146O17P2. The van der Waals surface area contributed by atoms with Crippen molar-refractivity contribution in [2.75, 3.05) is 39.6 Å². The molecule has 0 heterocycles. The van der Waals surface area contributed by atoms with Crippen LogP contribution in [0.15, 0.2) is 146 Å². The number of aliphatic hydroxyl groups excluding tert-OH is 1. The lowest BCUT2D eigenvalue weighted by molar-refractivity contribution is -0.161. The van der Waals surface area contributed by atoms with Gasteiger partial charge in [0.15, 0.2) is 12.2 Å². The molecule has 0 aromatic carbocycles. The van der Waals surface area contributed by atoms with E-state index in [-0.39, 0.29) is 25.7 Å². The molecule has 0 rings (SSSR count). The smallest absolute Gasteiger partial charge is 0.462 e. The van der Waals surface area contributed by atoms with Gasteiger partial charge in [0.25, 0.3) is 0 Å². The van der Waals surface area contributed by atoms with E-state index in [9.17, 15) is 43.2 Å². The number of carbonyl (C=O) groups is 4. The van der Waals surface area contributed by atoms with E-state index in [1.165, 1.54) is 77.0 Å². The second kappa shape index (κ2) is 78.1. The lowest BCUT2D eigenvalue weighted by atomic mass is 10.1. The summed E-state index contributed by atoms with van der Waals surface area (Å²) in [5, 5.41) is 10.7. The van der Waals surface area contributed by atoms with Gasteiger partial charge in [0.1, 0.15) is 19.3 Å². The Balaban J connectivity index is 5.48. The number of hydrogen-bond acceptors (Lipinski definition) is 15. The maximum absolute atomic E-state index is 13.1. The zero-order valence-electron chi connectivity index (χ0n) is 66.3. The summed E-state index contributed by atoms with van der Waals surface area (Å²) in [7, 11) is -10.0. The average Bonchev–Trinajstić information content (AvgIpc) is 0.902. The van der Waals surface area contributed by atoms with E-state index in [1.807, 2.05) is 18.2 Å². The number of ether oxygens (including phenoxy) is 4. The Hall–Kier alpha value is -5.06. The molecule has 0 fully saturated rings. The molecule has 0 bridgehead atoms. The van der Waals surface area contributed by atoms with Gasteiger partial charge in [-0.25, -0.2) is 9.13 Å². The lowest BCUT2D eigenvalue weighted by Crippen LogP contribution is -2.30. The first-order valence-corrected chi connectivity index (χ1v) is 44.1. The van der Waals surface area contributed by atoms with E-state index in [0.717, 1.165) is 161 Å². The maximum Gasteiger partial charge on any atom is 0.472 e. The summed E-state index contributed by atoms with van der Waals surface area (Å²) in [6.07, 6.45) is 89.7. The number of phosphoric ester groups is 2. The third-order valence-electron chi connectivity index (χ3n) is 16.8. The molecule has 0 aromatic heterocycles. The Bertz CT molecular complexity index is 2580. The van der Waals surface area contributed by atoms with Gasteiger partial charge in [-0.05, 0) is 161 Å². The molecule has 0 aromatic rings. The molecular weight excluding hydrogens is 1380 g/mol. The Morgan fingerprint density at radius 2 is 0.509 bits per heavy atom. The summed E-state index contributed by atoms with van der Waals surface area (Å²) in [5.41, 5.74) is 0. The Labute approximate surface area is 643 Å². The Morgan fingerprint density at radius 1 is 0.274 bits per heavy atom. The van der Waals surface area contributed by atoms with Crippen molar-refractivity contribution < 1.29 is 80.2 Å². The van der Waals surface area contributed by atoms with Gasteiger partial charge in [-0.15, -0.1) is 0 Å². The minimum Gasteiger partial charge on any atom is -0.462 e. The van der Waals surface area contributed by atoms with Crippen molar-refractivity contribution in [2.24, 2.45) is 0 Å². The second-order valence-corrected chi connectivity index (χ2v) is 29.9. The third kappa shape index (κ3) is 77.1. The predicted molar refractivity (Wildman–Crippen MR) is 436 cm³/mol. The number of phosphoric acid groups is 2. The molecule has 19 heteroatoms. The van der Waals surface area contributed by atoms with Crippen molar-refractivity contribution >= 4 is 39.5 Å². The minimum absolute atomic E-state index is 0.0267. The van der Waals surface area contributed by atoms with E-state index in [4.69, 9.17) is 37.0 Å². The minimum atomic E-state index is -5.01. The molecule has 0 saturated heterocycles. The van der Waals surface area contributed by atoms with Crippen molar-refractivity contribution in [3.63, 3.8) is 0 Å². The fourth-order valence-electron chi connectivity index (χ4n) is 10.5. The van der Waals surface area contributed by atoms with Crippen LogP contribution in [0.4, 0.5) is 0 Å². The van der Waals surface area contributed by atoms with Crippen LogP contribution in [0.25, 0.3) is 0 Å². The van der Waals surface area contributed by atoms with Crippen LogP contribution in [0, 0.1) is 0 Å². The number of allylic oxidation sites excluding steroid dienone is 24. The van der Waals surface area contributed by atoms with Crippen molar-refractivity contribution in [1.82, 2.24) is 0 Å². The van der Waals surface area contributed by atoms with Crippen LogP contribution in [0.2, 0.25) is 0 Å². The first-order chi connectivity index (χ1) is 51.7. The monoisotopic (exact) mass is 1530 g/mol. The fraction of sp³-hybridized carbons (Fsp3) is 0.678. The molecule has 0 amide bonds. The van der Waals surface area contributed by atoms with Gasteiger partial charge in [0.05, 0.1) is 26.4 Å². The predicted octanol–water partition coefficient (Wildman–Crippen LogP) is 24.2. The first kappa shape index (κ1) is 101. The highest BCUT2D eigenvalue weighted by atomic mass is 31.2. The average molecular weight is 1530 g/mol. The van der Waals surface area contributed by atoms with Crippen LogP contribution in [0.5, 0.6) is 0 Å². The molecule has 3 N–H and O–H groups in total. The van der Waals surface area contributed by atoms with E-state index in [2.05, 4.69) is 155 Å². The molecule has 0 saturated carbocycles. The first-order valence-electron chi connectivity index (χ1n) is 41.1. The molecule has 5 atom stereocenters. The zero-order chi connectivity index (χ0) is 77.4. The number of aliphatic hydroxyl groups is 1. The molecule has 5 unspecified atom stereocenters. The summed E-state index contributed by atoms with van der Waals surface area (Å²) in [5.74, 6) is -2.32. The van der Waals surface area contributed by atoms with Crippen LogP contribution in [-0.4, -0.2) is 96.7 Å². The van der Waals surface area contributed by atoms with Gasteiger partial charge in [-0.3, -0.25) is 37.3 Å². The van der Waals surface area contributed by atoms with Gasteiger partial charge < -0.3 is 33.8 Å². The standard InChI is InChI=1S/C87H146O17P2/c1-5-9-13-17-21-25-29-33-37-39-40-42-45-48-52-56-60-64-68-72-85(90)98-78-83(104-87(92)74-70-66-62-58-54-50-46-41-38-34-30-26-22-18-14-10-6-2)80-102-106(95,96)100-76-81(88)75-99-105(93,94)101-79-82(103-86(91)73-69-65-61-57-53-49-44-36-32-28-24-20-16-12-8-4)77-97-84(89)71-67-63-59-55-51-47-43-35-31-27-23-19-15-11-7-3/h9,13,21-23,25-27,33-38,40,42-44,46,48,50,52,60,64,81-83,88H,5-8,10-12,14-20,24,28-32,39,41,45,47,49,51,53-59,61-63,65-80H2,1-4H3,(H,93,94)(H,95,96). The normalized spacial score (nSPS) is 14.6. The van der Waals surface area contributed by atoms with Crippen LogP contribution < -0.4 is 0 Å². The summed E-state index contributed by atoms with van der Waals surface area (Å²) >= 11 is 0. The summed E-state index contributed by atoms with van der Waals surface area (Å²) < 4.78 is 68.6. The van der Waals surface area contributed by atoms with Crippen LogP contribution in [0.3, 0.4) is 0 Å². The van der Waals surface area contributed by atoms with Crippen LogP contribution >= 0.6 is 15.6 Å². The lowest BCUT2D eigenvalue weighted by Gasteiger charge is -2.21. The van der Waals surface area contributed by atoms with Gasteiger partial charge in [0, 0.05) is 25.7 Å². The number of carbonyl (C=O) groups excluding carboxylic acids is 4. The number of hydrogen-bond donors (Lipinski definition) is 3. The van der Waals surface area contributed by atoms with E-state index in [0.29, 0.717) is 32.1 Å².